The molecule has 1 saturated heterocycles. The van der Waals surface area contributed by atoms with E-state index in [9.17, 15) is 4.79 Å². The Morgan fingerprint density at radius 3 is 3.00 bits per heavy atom. The number of nitrogens with two attached hydrogens (primary N) is 1. The first-order valence-corrected chi connectivity index (χ1v) is 8.11. The Morgan fingerprint density at radius 2 is 2.35 bits per heavy atom. The average Bonchev–Trinajstić information content (AvgIpc) is 2.41. The van der Waals surface area contributed by atoms with E-state index >= 15 is 0 Å². The molecule has 1 aromatic rings. The number of anilines is 2. The molecule has 0 spiro atoms. The van der Waals surface area contributed by atoms with Crippen molar-refractivity contribution in [2.75, 3.05) is 29.9 Å². The van der Waals surface area contributed by atoms with E-state index in [1.807, 2.05) is 18.7 Å². The Kier molecular flexibility index (Phi) is 5.18. The summed E-state index contributed by atoms with van der Waals surface area (Å²) in [4.78, 5) is 14.5. The maximum Gasteiger partial charge on any atom is 0.241 e. The Hall–Kier alpha value is -0.910. The minimum atomic E-state index is -0.160. The molecule has 0 aromatic heterocycles. The van der Waals surface area contributed by atoms with Crippen molar-refractivity contribution in [2.24, 2.45) is 0 Å². The Labute approximate surface area is 129 Å². The van der Waals surface area contributed by atoms with Gasteiger partial charge in [0.15, 0.2) is 0 Å². The SMILES string of the molecule is CC1CN(C(C)C(=O)Nc2ccc(N)cc2Cl)CCS1. The maximum absolute atomic E-state index is 12.3. The van der Waals surface area contributed by atoms with Crippen LogP contribution in [-0.4, -0.2) is 40.9 Å². The molecule has 1 fully saturated rings. The smallest absolute Gasteiger partial charge is 0.241 e. The highest BCUT2D eigenvalue weighted by molar-refractivity contribution is 7.99. The molecule has 110 valence electrons. The van der Waals surface area contributed by atoms with Crippen molar-refractivity contribution in [1.82, 2.24) is 4.90 Å². The number of benzene rings is 1. The molecule has 0 bridgehead atoms. The van der Waals surface area contributed by atoms with E-state index in [0.29, 0.717) is 21.6 Å². The fourth-order valence-corrected chi connectivity index (χ4v) is 3.51. The number of hydrogen-bond donors (Lipinski definition) is 2. The van der Waals surface area contributed by atoms with Crippen LogP contribution in [0.1, 0.15) is 13.8 Å². The monoisotopic (exact) mass is 313 g/mol. The van der Waals surface area contributed by atoms with Crippen LogP contribution in [0.5, 0.6) is 0 Å². The zero-order valence-corrected chi connectivity index (χ0v) is 13.3. The van der Waals surface area contributed by atoms with Crippen LogP contribution in [0.25, 0.3) is 0 Å². The molecule has 1 amide bonds. The van der Waals surface area contributed by atoms with Crippen molar-refractivity contribution in [3.8, 4) is 0 Å². The molecule has 20 heavy (non-hydrogen) atoms. The molecule has 1 aromatic carbocycles. The molecule has 2 atom stereocenters. The third kappa shape index (κ3) is 3.81. The highest BCUT2D eigenvalue weighted by Crippen LogP contribution is 2.25. The normalized spacial score (nSPS) is 21.4. The van der Waals surface area contributed by atoms with Crippen molar-refractivity contribution in [3.63, 3.8) is 0 Å². The van der Waals surface area contributed by atoms with E-state index in [0.717, 1.165) is 18.8 Å². The number of thioether (sulfide) groups is 1. The second kappa shape index (κ2) is 6.70. The molecule has 0 saturated carbocycles. The standard InChI is InChI=1S/C14H20ClN3OS/c1-9-8-18(5-6-20-9)10(2)14(19)17-13-4-3-11(16)7-12(13)15/h3-4,7,9-10H,5-6,8,16H2,1-2H3,(H,17,19). The van der Waals surface area contributed by atoms with Crippen LogP contribution in [0.15, 0.2) is 18.2 Å². The largest absolute Gasteiger partial charge is 0.399 e. The van der Waals surface area contributed by atoms with Crippen LogP contribution in [0.2, 0.25) is 5.02 Å². The summed E-state index contributed by atoms with van der Waals surface area (Å²) >= 11 is 8.03. The van der Waals surface area contributed by atoms with Gasteiger partial charge in [0, 0.05) is 29.8 Å². The molecule has 0 radical (unpaired) electrons. The summed E-state index contributed by atoms with van der Waals surface area (Å²) in [6.45, 7) is 6.01. The van der Waals surface area contributed by atoms with Crippen molar-refractivity contribution >= 4 is 40.6 Å². The molecular weight excluding hydrogens is 294 g/mol. The molecule has 4 nitrogen and oxygen atoms in total. The zero-order valence-electron chi connectivity index (χ0n) is 11.7. The van der Waals surface area contributed by atoms with Gasteiger partial charge in [-0.3, -0.25) is 9.69 Å². The molecule has 6 heteroatoms. The van der Waals surface area contributed by atoms with Gasteiger partial charge in [0.05, 0.1) is 16.8 Å². The molecule has 2 rings (SSSR count). The van der Waals surface area contributed by atoms with Crippen LogP contribution in [0.4, 0.5) is 11.4 Å². The lowest BCUT2D eigenvalue weighted by Gasteiger charge is -2.34. The van der Waals surface area contributed by atoms with Gasteiger partial charge in [-0.1, -0.05) is 18.5 Å². The van der Waals surface area contributed by atoms with Crippen LogP contribution >= 0.6 is 23.4 Å². The lowest BCUT2D eigenvalue weighted by molar-refractivity contribution is -0.120. The first-order chi connectivity index (χ1) is 9.47. The number of carbonyl (C=O) groups excluding carboxylic acids is 1. The van der Waals surface area contributed by atoms with Crippen molar-refractivity contribution in [1.29, 1.82) is 0 Å². The van der Waals surface area contributed by atoms with Crippen LogP contribution in [0.3, 0.4) is 0 Å². The number of nitrogens with one attached hydrogen (secondary N) is 1. The van der Waals surface area contributed by atoms with Gasteiger partial charge in [0.25, 0.3) is 0 Å². The molecule has 1 heterocycles. The number of halogens is 1. The fraction of sp³-hybridized carbons (Fsp3) is 0.500. The summed E-state index contributed by atoms with van der Waals surface area (Å²) in [7, 11) is 0. The van der Waals surface area contributed by atoms with Gasteiger partial charge in [-0.2, -0.15) is 11.8 Å². The van der Waals surface area contributed by atoms with E-state index in [4.69, 9.17) is 17.3 Å². The summed E-state index contributed by atoms with van der Waals surface area (Å²) < 4.78 is 0. The van der Waals surface area contributed by atoms with Gasteiger partial charge in [0.2, 0.25) is 5.91 Å². The van der Waals surface area contributed by atoms with E-state index in [2.05, 4.69) is 17.1 Å². The third-order valence-electron chi connectivity index (χ3n) is 3.45. The second-order valence-corrected chi connectivity index (χ2v) is 7.03. The summed E-state index contributed by atoms with van der Waals surface area (Å²) in [5.74, 6) is 1.04. The molecule has 1 aliphatic heterocycles. The molecule has 3 N–H and O–H groups in total. The maximum atomic E-state index is 12.3. The molecule has 2 unspecified atom stereocenters. The van der Waals surface area contributed by atoms with Gasteiger partial charge in [-0.25, -0.2) is 0 Å². The molecule has 0 aliphatic carbocycles. The van der Waals surface area contributed by atoms with Gasteiger partial charge >= 0.3 is 0 Å². The summed E-state index contributed by atoms with van der Waals surface area (Å²) in [5.41, 5.74) is 6.84. The Morgan fingerprint density at radius 1 is 1.60 bits per heavy atom. The summed E-state index contributed by atoms with van der Waals surface area (Å²) in [6, 6.07) is 4.94. The van der Waals surface area contributed by atoms with E-state index in [1.165, 1.54) is 0 Å². The lowest BCUT2D eigenvalue weighted by atomic mass is 10.2. The first kappa shape index (κ1) is 15.5. The van der Waals surface area contributed by atoms with E-state index < -0.39 is 0 Å². The van der Waals surface area contributed by atoms with Crippen molar-refractivity contribution in [2.45, 2.75) is 25.1 Å². The van der Waals surface area contributed by atoms with Crippen LogP contribution in [-0.2, 0) is 4.79 Å². The van der Waals surface area contributed by atoms with Crippen LogP contribution in [0, 0.1) is 0 Å². The van der Waals surface area contributed by atoms with Gasteiger partial charge < -0.3 is 11.1 Å². The summed E-state index contributed by atoms with van der Waals surface area (Å²) in [6.07, 6.45) is 0. The average molecular weight is 314 g/mol. The fourth-order valence-electron chi connectivity index (χ4n) is 2.23. The minimum absolute atomic E-state index is 0.0317. The van der Waals surface area contributed by atoms with E-state index in [-0.39, 0.29) is 11.9 Å². The number of hydrogen-bond acceptors (Lipinski definition) is 4. The van der Waals surface area contributed by atoms with Gasteiger partial charge in [-0.05, 0) is 25.1 Å². The number of nitrogens with zero attached hydrogens (tertiary/aromatic N) is 1. The minimum Gasteiger partial charge on any atom is -0.399 e. The number of carbonyl (C=O) groups is 1. The predicted octanol–water partition coefficient (Wildman–Crippen LogP) is 2.69. The second-order valence-electron chi connectivity index (χ2n) is 5.08. The predicted molar refractivity (Wildman–Crippen MR) is 87.4 cm³/mol. The van der Waals surface area contributed by atoms with Crippen LogP contribution < -0.4 is 11.1 Å². The third-order valence-corrected chi connectivity index (χ3v) is 4.90. The topological polar surface area (TPSA) is 58.4 Å². The number of amides is 1. The Balaban J connectivity index is 2.00. The van der Waals surface area contributed by atoms with Gasteiger partial charge in [0.1, 0.15) is 0 Å². The van der Waals surface area contributed by atoms with Gasteiger partial charge in [-0.15, -0.1) is 0 Å². The highest BCUT2D eigenvalue weighted by Gasteiger charge is 2.26. The molecule has 1 aliphatic rings. The zero-order chi connectivity index (χ0) is 14.7. The quantitative estimate of drug-likeness (QED) is 0.842. The van der Waals surface area contributed by atoms with Crippen molar-refractivity contribution in [3.05, 3.63) is 23.2 Å². The lowest BCUT2D eigenvalue weighted by Crippen LogP contribution is -2.47. The molecular formula is C14H20ClN3OS. The van der Waals surface area contributed by atoms with E-state index in [1.54, 1.807) is 18.2 Å². The number of nitrogen functional groups attached to an aromatic ring is 1. The number of rotatable bonds is 3. The van der Waals surface area contributed by atoms with Crippen molar-refractivity contribution < 1.29 is 4.79 Å². The first-order valence-electron chi connectivity index (χ1n) is 6.69. The Bertz CT molecular complexity index is 497. The highest BCUT2D eigenvalue weighted by atomic mass is 35.5. The summed E-state index contributed by atoms with van der Waals surface area (Å²) in [5, 5.41) is 3.91.